The molecule has 0 spiro atoms. The van der Waals surface area contributed by atoms with Gasteiger partial charge in [-0.15, -0.1) is 0 Å². The first-order valence-corrected chi connectivity index (χ1v) is 11.0. The van der Waals surface area contributed by atoms with E-state index in [1.54, 1.807) is 0 Å². The predicted octanol–water partition coefficient (Wildman–Crippen LogP) is 7.96. The lowest BCUT2D eigenvalue weighted by atomic mass is 10.0. The maximum absolute atomic E-state index is 4.54. The monoisotopic (exact) mass is 354 g/mol. The van der Waals surface area contributed by atoms with Crippen LogP contribution in [0.4, 0.5) is 5.69 Å². The van der Waals surface area contributed by atoms with E-state index in [9.17, 15) is 0 Å². The lowest BCUT2D eigenvalue weighted by molar-refractivity contribution is 0.541. The standard InChI is InChI=1S/C24H38N2/c1-2-3-4-5-6-7-8-9-10-11-12-13-14-18-23-21-20-22-17-15-16-19-24(22)26-25-23/h15-17,19-21,26H,2-14,18H2,1H3. The molecular formula is C24H38N2. The van der Waals surface area contributed by atoms with Gasteiger partial charge in [0.15, 0.2) is 0 Å². The van der Waals surface area contributed by atoms with Gasteiger partial charge < -0.3 is 0 Å². The molecular weight excluding hydrogens is 316 g/mol. The molecule has 0 saturated heterocycles. The van der Waals surface area contributed by atoms with Crippen LogP contribution in [-0.4, -0.2) is 5.71 Å². The molecule has 0 aliphatic carbocycles. The van der Waals surface area contributed by atoms with Crippen LogP contribution in [-0.2, 0) is 0 Å². The molecule has 1 aliphatic heterocycles. The summed E-state index contributed by atoms with van der Waals surface area (Å²) in [6.45, 7) is 2.29. The van der Waals surface area contributed by atoms with E-state index in [1.807, 2.05) is 6.07 Å². The van der Waals surface area contributed by atoms with Crippen LogP contribution in [0.25, 0.3) is 6.08 Å². The summed E-state index contributed by atoms with van der Waals surface area (Å²) < 4.78 is 0. The van der Waals surface area contributed by atoms with Gasteiger partial charge >= 0.3 is 0 Å². The molecule has 26 heavy (non-hydrogen) atoms. The van der Waals surface area contributed by atoms with E-state index in [0.29, 0.717) is 0 Å². The minimum absolute atomic E-state index is 1.08. The average Bonchev–Trinajstić information content (AvgIpc) is 2.88. The summed E-state index contributed by atoms with van der Waals surface area (Å²) in [5, 5.41) is 4.54. The first-order chi connectivity index (χ1) is 12.9. The molecule has 144 valence electrons. The van der Waals surface area contributed by atoms with Gasteiger partial charge in [-0.25, -0.2) is 0 Å². The molecule has 1 aromatic rings. The minimum Gasteiger partial charge on any atom is -0.278 e. The fraction of sp³-hybridized carbons (Fsp3) is 0.625. The van der Waals surface area contributed by atoms with E-state index < -0.39 is 0 Å². The Morgan fingerprint density at radius 3 is 1.92 bits per heavy atom. The molecule has 2 heteroatoms. The van der Waals surface area contributed by atoms with E-state index in [-0.39, 0.29) is 0 Å². The highest BCUT2D eigenvalue weighted by Gasteiger charge is 2.03. The second-order valence-electron chi connectivity index (χ2n) is 7.63. The van der Waals surface area contributed by atoms with Crippen molar-refractivity contribution < 1.29 is 0 Å². The van der Waals surface area contributed by atoms with Gasteiger partial charge in [-0.2, -0.15) is 5.10 Å². The van der Waals surface area contributed by atoms with Crippen molar-refractivity contribution in [3.05, 3.63) is 35.9 Å². The Morgan fingerprint density at radius 1 is 0.692 bits per heavy atom. The van der Waals surface area contributed by atoms with Crippen LogP contribution in [0.5, 0.6) is 0 Å². The normalized spacial score (nSPS) is 13.0. The summed E-state index contributed by atoms with van der Waals surface area (Å²) in [4.78, 5) is 0. The molecule has 0 fully saturated rings. The molecule has 1 heterocycles. The van der Waals surface area contributed by atoms with Crippen LogP contribution in [0.2, 0.25) is 0 Å². The minimum atomic E-state index is 1.08. The third-order valence-electron chi connectivity index (χ3n) is 5.27. The predicted molar refractivity (Wildman–Crippen MR) is 117 cm³/mol. The maximum atomic E-state index is 4.54. The van der Waals surface area contributed by atoms with Gasteiger partial charge in [0, 0.05) is 0 Å². The Kier molecular flexibility index (Phi) is 10.9. The second-order valence-corrected chi connectivity index (χ2v) is 7.63. The molecule has 1 N–H and O–H groups in total. The summed E-state index contributed by atoms with van der Waals surface area (Å²) in [5.41, 5.74) is 6.69. The second kappa shape index (κ2) is 13.6. The van der Waals surface area contributed by atoms with Crippen LogP contribution in [0, 0.1) is 0 Å². The number of allylic oxidation sites excluding steroid dienone is 1. The molecule has 0 unspecified atom stereocenters. The largest absolute Gasteiger partial charge is 0.278 e. The number of para-hydroxylation sites is 1. The number of nitrogens with one attached hydrogen (secondary N) is 1. The number of hydrogen-bond acceptors (Lipinski definition) is 2. The zero-order valence-corrected chi connectivity index (χ0v) is 16.8. The average molecular weight is 355 g/mol. The third kappa shape index (κ3) is 8.69. The quantitative estimate of drug-likeness (QED) is 0.337. The van der Waals surface area contributed by atoms with E-state index in [2.05, 4.69) is 47.8 Å². The Labute approximate surface area is 161 Å². The third-order valence-corrected chi connectivity index (χ3v) is 5.27. The summed E-state index contributed by atoms with van der Waals surface area (Å²) in [6.07, 6.45) is 23.7. The number of hydrogen-bond donors (Lipinski definition) is 1. The molecule has 1 aromatic carbocycles. The SMILES string of the molecule is CCCCCCCCCCCCCCCC1=NNc2ccccc2C=C1. The van der Waals surface area contributed by atoms with Gasteiger partial charge in [-0.05, 0) is 30.5 Å². The van der Waals surface area contributed by atoms with Crippen LogP contribution in [0.3, 0.4) is 0 Å². The van der Waals surface area contributed by atoms with Crippen LogP contribution in [0.15, 0.2) is 35.4 Å². The number of rotatable bonds is 14. The van der Waals surface area contributed by atoms with Gasteiger partial charge in [0.2, 0.25) is 0 Å². The lowest BCUT2D eigenvalue weighted by Gasteiger charge is -2.04. The maximum Gasteiger partial charge on any atom is 0.0634 e. The van der Waals surface area contributed by atoms with Crippen molar-refractivity contribution in [1.29, 1.82) is 0 Å². The number of hydrazone groups is 1. The Morgan fingerprint density at radius 2 is 1.27 bits per heavy atom. The van der Waals surface area contributed by atoms with Gasteiger partial charge in [0.25, 0.3) is 0 Å². The van der Waals surface area contributed by atoms with Crippen molar-refractivity contribution in [3.8, 4) is 0 Å². The molecule has 2 nitrogen and oxygen atoms in total. The van der Waals surface area contributed by atoms with Crippen LogP contribution in [0.1, 0.15) is 102 Å². The summed E-state index contributed by atoms with van der Waals surface area (Å²) in [5.74, 6) is 0. The van der Waals surface area contributed by atoms with Crippen molar-refractivity contribution >= 4 is 17.5 Å². The fourth-order valence-corrected chi connectivity index (χ4v) is 3.56. The first-order valence-electron chi connectivity index (χ1n) is 11.0. The van der Waals surface area contributed by atoms with E-state index in [0.717, 1.165) is 12.1 Å². The van der Waals surface area contributed by atoms with Gasteiger partial charge in [-0.1, -0.05) is 108 Å². The molecule has 0 amide bonds. The number of fused-ring (bicyclic) bond motifs is 1. The van der Waals surface area contributed by atoms with Crippen LogP contribution < -0.4 is 5.43 Å². The molecule has 2 rings (SSSR count). The smallest absolute Gasteiger partial charge is 0.0634 e. The Hall–Kier alpha value is -1.57. The first kappa shape index (κ1) is 20.7. The van der Waals surface area contributed by atoms with E-state index in [4.69, 9.17) is 0 Å². The Balaban J connectivity index is 1.42. The van der Waals surface area contributed by atoms with Crippen LogP contribution >= 0.6 is 0 Å². The van der Waals surface area contributed by atoms with E-state index >= 15 is 0 Å². The van der Waals surface area contributed by atoms with Gasteiger partial charge in [0.1, 0.15) is 0 Å². The van der Waals surface area contributed by atoms with Crippen molar-refractivity contribution in [2.75, 3.05) is 5.43 Å². The van der Waals surface area contributed by atoms with Gasteiger partial charge in [-0.3, -0.25) is 5.43 Å². The highest BCUT2D eigenvalue weighted by molar-refractivity contribution is 6.00. The van der Waals surface area contributed by atoms with Crippen molar-refractivity contribution in [1.82, 2.24) is 0 Å². The fourth-order valence-electron chi connectivity index (χ4n) is 3.56. The van der Waals surface area contributed by atoms with E-state index in [1.165, 1.54) is 94.7 Å². The lowest BCUT2D eigenvalue weighted by Crippen LogP contribution is -1.97. The van der Waals surface area contributed by atoms with Gasteiger partial charge in [0.05, 0.1) is 11.4 Å². The highest BCUT2D eigenvalue weighted by Crippen LogP contribution is 2.20. The van der Waals surface area contributed by atoms with Crippen molar-refractivity contribution in [2.45, 2.75) is 96.8 Å². The molecule has 0 saturated carbocycles. The molecule has 0 radical (unpaired) electrons. The Bertz CT molecular complexity index is 545. The molecule has 0 bridgehead atoms. The summed E-state index contributed by atoms with van der Waals surface area (Å²) in [7, 11) is 0. The number of nitrogens with zero attached hydrogens (tertiary/aromatic N) is 1. The molecule has 0 aromatic heterocycles. The number of benzene rings is 1. The number of unbranched alkanes of at least 4 members (excludes halogenated alkanes) is 12. The summed E-state index contributed by atoms with van der Waals surface area (Å²) in [6, 6.07) is 8.33. The summed E-state index contributed by atoms with van der Waals surface area (Å²) >= 11 is 0. The zero-order valence-electron chi connectivity index (χ0n) is 16.8. The van der Waals surface area contributed by atoms with Crippen molar-refractivity contribution in [2.24, 2.45) is 5.10 Å². The van der Waals surface area contributed by atoms with Crippen molar-refractivity contribution in [3.63, 3.8) is 0 Å². The number of anilines is 1. The molecule has 1 aliphatic rings. The topological polar surface area (TPSA) is 24.4 Å². The molecule has 0 atom stereocenters. The highest BCUT2D eigenvalue weighted by atomic mass is 15.3. The zero-order chi connectivity index (χ0) is 18.3.